The average molecular weight is 498 g/mol. The van der Waals surface area contributed by atoms with Crippen molar-refractivity contribution in [2.45, 2.75) is 31.8 Å². The lowest BCUT2D eigenvalue weighted by molar-refractivity contribution is -0.187. The number of halogens is 6. The van der Waals surface area contributed by atoms with E-state index in [2.05, 4.69) is 4.74 Å². The van der Waals surface area contributed by atoms with Gasteiger partial charge >= 0.3 is 6.11 Å². The van der Waals surface area contributed by atoms with Gasteiger partial charge in [-0.15, -0.1) is 0 Å². The summed E-state index contributed by atoms with van der Waals surface area (Å²) in [6.45, 7) is 1.29. The number of alkyl halides is 2. The van der Waals surface area contributed by atoms with E-state index in [1.165, 1.54) is 6.07 Å². The number of ether oxygens (including phenoxy) is 3. The van der Waals surface area contributed by atoms with Crippen LogP contribution < -0.4 is 9.47 Å². The van der Waals surface area contributed by atoms with Gasteiger partial charge in [0.15, 0.2) is 17.5 Å². The summed E-state index contributed by atoms with van der Waals surface area (Å²) in [5.41, 5.74) is -0.253. The molecular formula is C26H24F6O3. The molecule has 3 rings (SSSR count). The fourth-order valence-corrected chi connectivity index (χ4v) is 3.36. The van der Waals surface area contributed by atoms with Gasteiger partial charge in [0.1, 0.15) is 17.3 Å². The van der Waals surface area contributed by atoms with Crippen molar-refractivity contribution >= 4 is 0 Å². The fraction of sp³-hybridized carbons (Fsp3) is 0.308. The molecule has 188 valence electrons. The van der Waals surface area contributed by atoms with Crippen LogP contribution in [0.25, 0.3) is 11.1 Å². The second-order valence-corrected chi connectivity index (χ2v) is 7.79. The van der Waals surface area contributed by atoms with Gasteiger partial charge in [-0.2, -0.15) is 8.78 Å². The highest BCUT2D eigenvalue weighted by Gasteiger charge is 2.38. The number of hydrogen-bond donors (Lipinski definition) is 0. The zero-order valence-electron chi connectivity index (χ0n) is 18.9. The fourth-order valence-electron chi connectivity index (χ4n) is 3.36. The van der Waals surface area contributed by atoms with E-state index in [0.717, 1.165) is 44.4 Å². The molecule has 0 fully saturated rings. The molecule has 0 radical (unpaired) electrons. The van der Waals surface area contributed by atoms with Crippen LogP contribution in [0.15, 0.2) is 54.6 Å². The zero-order valence-corrected chi connectivity index (χ0v) is 18.9. The molecule has 0 aliphatic rings. The second kappa shape index (κ2) is 12.0. The van der Waals surface area contributed by atoms with Gasteiger partial charge in [-0.1, -0.05) is 24.6 Å². The molecule has 35 heavy (non-hydrogen) atoms. The molecule has 3 aromatic carbocycles. The van der Waals surface area contributed by atoms with Crippen LogP contribution in [0.4, 0.5) is 26.3 Å². The highest BCUT2D eigenvalue weighted by molar-refractivity contribution is 5.64. The molecule has 0 aromatic heterocycles. The van der Waals surface area contributed by atoms with Crippen LogP contribution in [-0.4, -0.2) is 20.3 Å². The maximum absolute atomic E-state index is 14.6. The largest absolute Gasteiger partial charge is 0.494 e. The molecular weight excluding hydrogens is 474 g/mol. The number of rotatable bonds is 12. The summed E-state index contributed by atoms with van der Waals surface area (Å²) >= 11 is 0. The van der Waals surface area contributed by atoms with Gasteiger partial charge in [0.2, 0.25) is 0 Å². The van der Waals surface area contributed by atoms with Crippen molar-refractivity contribution in [2.75, 3.05) is 20.3 Å². The van der Waals surface area contributed by atoms with E-state index < -0.39 is 40.7 Å². The van der Waals surface area contributed by atoms with E-state index in [4.69, 9.17) is 9.47 Å². The minimum Gasteiger partial charge on any atom is -0.494 e. The molecule has 0 N–H and O–H groups in total. The predicted octanol–water partition coefficient (Wildman–Crippen LogP) is 7.62. The number of hydrogen-bond acceptors (Lipinski definition) is 3. The normalized spacial score (nSPS) is 11.5. The molecule has 0 atom stereocenters. The van der Waals surface area contributed by atoms with Crippen LogP contribution in [0.5, 0.6) is 11.5 Å². The van der Waals surface area contributed by atoms with Crippen LogP contribution in [0.2, 0.25) is 0 Å². The highest BCUT2D eigenvalue weighted by Crippen LogP contribution is 2.36. The summed E-state index contributed by atoms with van der Waals surface area (Å²) < 4.78 is 98.0. The van der Waals surface area contributed by atoms with Crippen molar-refractivity contribution in [3.63, 3.8) is 0 Å². The SMILES string of the molecule is COCCCCCCOc1ccc(-c2ccc(C(F)(F)Oc3cc(F)c(F)c(F)c3)c(F)c2)cc1. The average Bonchev–Trinajstić information content (AvgIpc) is 2.82. The Morgan fingerprint density at radius 2 is 1.26 bits per heavy atom. The summed E-state index contributed by atoms with van der Waals surface area (Å²) in [7, 11) is 1.67. The molecule has 0 aliphatic heterocycles. The third-order valence-corrected chi connectivity index (χ3v) is 5.19. The molecule has 0 bridgehead atoms. The van der Waals surface area contributed by atoms with Crippen LogP contribution in [0.3, 0.4) is 0 Å². The Labute approximate surface area is 199 Å². The van der Waals surface area contributed by atoms with E-state index in [1.54, 1.807) is 31.4 Å². The number of unbranched alkanes of at least 4 members (excludes halogenated alkanes) is 3. The summed E-state index contributed by atoms with van der Waals surface area (Å²) in [4.78, 5) is 0. The standard InChI is InChI=1S/C26H24F6O3/c1-33-12-4-2-3-5-13-34-19-9-6-17(7-10-19)18-8-11-21(22(27)14-18)26(31,32)35-20-15-23(28)25(30)24(29)16-20/h6-11,14-16H,2-5,12-13H2,1H3. The third kappa shape index (κ3) is 7.14. The molecule has 9 heteroatoms. The molecule has 0 saturated carbocycles. The first-order valence-corrected chi connectivity index (χ1v) is 10.9. The Balaban J connectivity index is 1.63. The maximum Gasteiger partial charge on any atom is 0.429 e. The smallest absolute Gasteiger partial charge is 0.429 e. The van der Waals surface area contributed by atoms with Gasteiger partial charge in [-0.3, -0.25) is 0 Å². The van der Waals surface area contributed by atoms with Gasteiger partial charge in [0, 0.05) is 25.8 Å². The molecule has 3 aromatic rings. The van der Waals surface area contributed by atoms with Crippen LogP contribution in [0, 0.1) is 23.3 Å². The van der Waals surface area contributed by atoms with Gasteiger partial charge in [-0.25, -0.2) is 17.6 Å². The minimum atomic E-state index is -4.26. The van der Waals surface area contributed by atoms with Gasteiger partial charge in [-0.05, 0) is 54.7 Å². The van der Waals surface area contributed by atoms with Crippen molar-refractivity contribution in [1.29, 1.82) is 0 Å². The Morgan fingerprint density at radius 3 is 1.86 bits per heavy atom. The van der Waals surface area contributed by atoms with Crippen molar-refractivity contribution < 1.29 is 40.6 Å². The summed E-state index contributed by atoms with van der Waals surface area (Å²) in [5, 5.41) is 0. The number of benzene rings is 3. The van der Waals surface area contributed by atoms with Crippen molar-refractivity contribution in [1.82, 2.24) is 0 Å². The third-order valence-electron chi connectivity index (χ3n) is 5.19. The van der Waals surface area contributed by atoms with Crippen molar-refractivity contribution in [2.24, 2.45) is 0 Å². The first-order chi connectivity index (χ1) is 16.7. The van der Waals surface area contributed by atoms with Crippen LogP contribution in [0.1, 0.15) is 31.2 Å². The predicted molar refractivity (Wildman–Crippen MR) is 119 cm³/mol. The highest BCUT2D eigenvalue weighted by atomic mass is 19.3. The van der Waals surface area contributed by atoms with E-state index in [-0.39, 0.29) is 12.1 Å². The second-order valence-electron chi connectivity index (χ2n) is 7.79. The first-order valence-electron chi connectivity index (χ1n) is 10.9. The lowest BCUT2D eigenvalue weighted by Gasteiger charge is -2.19. The van der Waals surface area contributed by atoms with E-state index in [0.29, 0.717) is 23.5 Å². The van der Waals surface area contributed by atoms with Crippen LogP contribution in [-0.2, 0) is 10.8 Å². The number of methoxy groups -OCH3 is 1. The molecule has 0 heterocycles. The Kier molecular flexibility index (Phi) is 9.03. The van der Waals surface area contributed by atoms with Crippen molar-refractivity contribution in [3.8, 4) is 22.6 Å². The van der Waals surface area contributed by atoms with E-state index in [9.17, 15) is 26.3 Å². The van der Waals surface area contributed by atoms with Gasteiger partial charge < -0.3 is 14.2 Å². The Hall–Kier alpha value is -3.20. The van der Waals surface area contributed by atoms with E-state index >= 15 is 0 Å². The summed E-state index contributed by atoms with van der Waals surface area (Å²) in [5.74, 6) is -6.89. The molecule has 0 spiro atoms. The first kappa shape index (κ1) is 26.4. The molecule has 0 amide bonds. The molecule has 0 aliphatic carbocycles. The van der Waals surface area contributed by atoms with Crippen molar-refractivity contribution in [3.05, 3.63) is 83.4 Å². The minimum absolute atomic E-state index is 0.254. The molecule has 0 saturated heterocycles. The lowest BCUT2D eigenvalue weighted by atomic mass is 10.0. The Bertz CT molecular complexity index is 1100. The topological polar surface area (TPSA) is 27.7 Å². The summed E-state index contributed by atoms with van der Waals surface area (Å²) in [6.07, 6.45) is -0.292. The maximum atomic E-state index is 14.6. The van der Waals surface area contributed by atoms with E-state index in [1.807, 2.05) is 0 Å². The van der Waals surface area contributed by atoms with Gasteiger partial charge in [0.25, 0.3) is 0 Å². The van der Waals surface area contributed by atoms with Crippen LogP contribution >= 0.6 is 0 Å². The lowest BCUT2D eigenvalue weighted by Crippen LogP contribution is -2.23. The van der Waals surface area contributed by atoms with Gasteiger partial charge in [0.05, 0.1) is 12.2 Å². The Morgan fingerprint density at radius 1 is 0.657 bits per heavy atom. The zero-order chi connectivity index (χ0) is 25.4. The molecule has 0 unspecified atom stereocenters. The molecule has 3 nitrogen and oxygen atoms in total. The summed E-state index contributed by atoms with van der Waals surface area (Å²) in [6, 6.07) is 10.2. The monoisotopic (exact) mass is 498 g/mol. The quantitative estimate of drug-likeness (QED) is 0.146.